The number of hydrogen-bond acceptors (Lipinski definition) is 7. The van der Waals surface area contributed by atoms with Crippen molar-refractivity contribution < 1.29 is 19.5 Å². The van der Waals surface area contributed by atoms with Crippen molar-refractivity contribution in [2.45, 2.75) is 12.8 Å². The van der Waals surface area contributed by atoms with Gasteiger partial charge in [-0.1, -0.05) is 0 Å². The van der Waals surface area contributed by atoms with Crippen LogP contribution in [0.25, 0.3) is 0 Å². The molecule has 8 heteroatoms. The van der Waals surface area contributed by atoms with E-state index in [9.17, 15) is 15.0 Å². The summed E-state index contributed by atoms with van der Waals surface area (Å²) in [5.41, 5.74) is -0.302. The third-order valence-corrected chi connectivity index (χ3v) is 3.15. The van der Waals surface area contributed by atoms with Gasteiger partial charge in [0.1, 0.15) is 17.2 Å². The number of hydrogen-bond donors (Lipinski definition) is 1. The third-order valence-electron chi connectivity index (χ3n) is 3.15. The van der Waals surface area contributed by atoms with Crippen LogP contribution >= 0.6 is 0 Å². The fourth-order valence-corrected chi connectivity index (χ4v) is 1.93. The zero-order valence-electron chi connectivity index (χ0n) is 12.8. The van der Waals surface area contributed by atoms with E-state index in [0.29, 0.717) is 25.4 Å². The molecule has 0 heterocycles. The average Bonchev–Trinajstić information content (AvgIpc) is 2.59. The molecule has 24 heavy (non-hydrogen) atoms. The predicted octanol–water partition coefficient (Wildman–Crippen LogP) is 3.94. The largest absolute Gasteiger partial charge is 0.508 e. The van der Waals surface area contributed by atoms with Crippen molar-refractivity contribution in [3.05, 3.63) is 57.5 Å². The van der Waals surface area contributed by atoms with Crippen molar-refractivity contribution in [1.82, 2.24) is 0 Å². The number of phenolic OH excluding ortho intramolecular Hbond substituents is 1. The van der Waals surface area contributed by atoms with Crippen LogP contribution < -0.4 is 9.47 Å². The number of unbranched alkanes of at least 4 members (excludes halogenated alkanes) is 1. The molecule has 0 aliphatic heterocycles. The van der Waals surface area contributed by atoms with Gasteiger partial charge in [-0.25, -0.2) is 0 Å². The Bertz CT molecular complexity index is 702. The standard InChI is InChI=1S/C16H16N2O6/c19-13-4-6-14(7-5-13)23-9-1-2-10-24-16-8-3-12(18(21)22)11-15(16)17-20/h3-8,11,19H,1-2,9-10H2. The number of rotatable bonds is 9. The van der Waals surface area contributed by atoms with E-state index in [-0.39, 0.29) is 22.9 Å². The van der Waals surface area contributed by atoms with Gasteiger partial charge in [-0.15, -0.1) is 4.91 Å². The highest BCUT2D eigenvalue weighted by molar-refractivity contribution is 5.57. The zero-order chi connectivity index (χ0) is 17.4. The van der Waals surface area contributed by atoms with Crippen molar-refractivity contribution in [2.75, 3.05) is 13.2 Å². The fourth-order valence-electron chi connectivity index (χ4n) is 1.93. The fraction of sp³-hybridized carbons (Fsp3) is 0.250. The summed E-state index contributed by atoms with van der Waals surface area (Å²) in [5, 5.41) is 22.5. The van der Waals surface area contributed by atoms with Crippen LogP contribution in [0.3, 0.4) is 0 Å². The van der Waals surface area contributed by atoms with Gasteiger partial charge in [-0.3, -0.25) is 10.1 Å². The van der Waals surface area contributed by atoms with E-state index in [1.54, 1.807) is 24.3 Å². The monoisotopic (exact) mass is 332 g/mol. The molecule has 0 aliphatic carbocycles. The molecule has 0 saturated heterocycles. The Hall–Kier alpha value is -3.16. The second-order valence-electron chi connectivity index (χ2n) is 4.90. The summed E-state index contributed by atoms with van der Waals surface area (Å²) in [5.74, 6) is 1.06. The smallest absolute Gasteiger partial charge is 0.271 e. The summed E-state index contributed by atoms with van der Waals surface area (Å²) in [6.07, 6.45) is 1.39. The molecule has 1 N–H and O–H groups in total. The maximum absolute atomic E-state index is 10.7. The van der Waals surface area contributed by atoms with E-state index in [0.717, 1.165) is 12.5 Å². The van der Waals surface area contributed by atoms with Gasteiger partial charge in [-0.2, -0.15) is 0 Å². The molecule has 0 spiro atoms. The average molecular weight is 332 g/mol. The number of aromatic hydroxyl groups is 1. The van der Waals surface area contributed by atoms with Crippen molar-refractivity contribution >= 4 is 11.4 Å². The number of benzene rings is 2. The zero-order valence-corrected chi connectivity index (χ0v) is 12.8. The van der Waals surface area contributed by atoms with Crippen LogP contribution in [0.2, 0.25) is 0 Å². The minimum absolute atomic E-state index is 0.0930. The summed E-state index contributed by atoms with van der Waals surface area (Å²) in [4.78, 5) is 20.8. The maximum atomic E-state index is 10.7. The lowest BCUT2D eigenvalue weighted by Gasteiger charge is -2.08. The third kappa shape index (κ3) is 4.94. The minimum atomic E-state index is -0.598. The quantitative estimate of drug-likeness (QED) is 0.322. The van der Waals surface area contributed by atoms with Gasteiger partial charge < -0.3 is 14.6 Å². The lowest BCUT2D eigenvalue weighted by atomic mass is 10.2. The second kappa shape index (κ2) is 8.47. The summed E-state index contributed by atoms with van der Waals surface area (Å²) < 4.78 is 10.9. The van der Waals surface area contributed by atoms with Gasteiger partial charge >= 0.3 is 0 Å². The normalized spacial score (nSPS) is 10.2. The van der Waals surface area contributed by atoms with Gasteiger partial charge in [0, 0.05) is 12.1 Å². The van der Waals surface area contributed by atoms with Crippen molar-refractivity contribution in [2.24, 2.45) is 5.18 Å². The Balaban J connectivity index is 1.73. The van der Waals surface area contributed by atoms with Crippen LogP contribution in [0.1, 0.15) is 12.8 Å². The molecule has 8 nitrogen and oxygen atoms in total. The van der Waals surface area contributed by atoms with Crippen LogP contribution in [0.15, 0.2) is 47.6 Å². The highest BCUT2D eigenvalue weighted by atomic mass is 16.6. The van der Waals surface area contributed by atoms with Crippen LogP contribution in [-0.4, -0.2) is 23.2 Å². The lowest BCUT2D eigenvalue weighted by Crippen LogP contribution is -2.02. The Morgan fingerprint density at radius 1 is 1.04 bits per heavy atom. The summed E-state index contributed by atoms with van der Waals surface area (Å²) >= 11 is 0. The van der Waals surface area contributed by atoms with E-state index in [1.807, 2.05) is 0 Å². The highest BCUT2D eigenvalue weighted by Gasteiger charge is 2.12. The molecule has 0 amide bonds. The van der Waals surface area contributed by atoms with Crippen molar-refractivity contribution in [3.8, 4) is 17.2 Å². The Labute approximate surface area is 137 Å². The van der Waals surface area contributed by atoms with Gasteiger partial charge in [-0.05, 0) is 48.4 Å². The van der Waals surface area contributed by atoms with Crippen LogP contribution in [0, 0.1) is 15.0 Å². The van der Waals surface area contributed by atoms with Crippen LogP contribution in [0.5, 0.6) is 17.2 Å². The SMILES string of the molecule is O=Nc1cc([N+](=O)[O-])ccc1OCCCCOc1ccc(O)cc1. The van der Waals surface area contributed by atoms with E-state index >= 15 is 0 Å². The first-order valence-electron chi connectivity index (χ1n) is 7.26. The topological polar surface area (TPSA) is 111 Å². The minimum Gasteiger partial charge on any atom is -0.508 e. The molecule has 2 aromatic rings. The molecule has 0 aliphatic rings. The number of nitro groups is 1. The first kappa shape index (κ1) is 17.2. The number of ether oxygens (including phenoxy) is 2. The highest BCUT2D eigenvalue weighted by Crippen LogP contribution is 2.31. The van der Waals surface area contributed by atoms with E-state index in [4.69, 9.17) is 14.6 Å². The van der Waals surface area contributed by atoms with E-state index in [1.165, 1.54) is 12.1 Å². The Kier molecular flexibility index (Phi) is 6.07. The molecule has 2 aromatic carbocycles. The molecular formula is C16H16N2O6. The molecule has 0 bridgehead atoms. The van der Waals surface area contributed by atoms with Gasteiger partial charge in [0.2, 0.25) is 0 Å². The van der Waals surface area contributed by atoms with E-state index in [2.05, 4.69) is 5.18 Å². The molecule has 0 radical (unpaired) electrons. The second-order valence-corrected chi connectivity index (χ2v) is 4.90. The van der Waals surface area contributed by atoms with E-state index < -0.39 is 4.92 Å². The number of nitro benzene ring substituents is 1. The number of nitroso groups, excluding NO2 is 1. The number of nitrogens with zero attached hydrogens (tertiary/aromatic N) is 2. The molecule has 0 atom stereocenters. The predicted molar refractivity (Wildman–Crippen MR) is 86.9 cm³/mol. The molecule has 0 saturated carbocycles. The van der Waals surface area contributed by atoms with Crippen molar-refractivity contribution in [1.29, 1.82) is 0 Å². The Morgan fingerprint density at radius 3 is 2.33 bits per heavy atom. The molecule has 2 rings (SSSR count). The number of non-ortho nitro benzene ring substituents is 1. The summed E-state index contributed by atoms with van der Waals surface area (Å²) in [6, 6.07) is 10.1. The summed E-state index contributed by atoms with van der Waals surface area (Å²) in [7, 11) is 0. The molecule has 126 valence electrons. The van der Waals surface area contributed by atoms with Gasteiger partial charge in [0.25, 0.3) is 5.69 Å². The van der Waals surface area contributed by atoms with Crippen LogP contribution in [-0.2, 0) is 0 Å². The van der Waals surface area contributed by atoms with Crippen LogP contribution in [0.4, 0.5) is 11.4 Å². The maximum Gasteiger partial charge on any atom is 0.271 e. The molecule has 0 unspecified atom stereocenters. The van der Waals surface area contributed by atoms with Gasteiger partial charge in [0.15, 0.2) is 5.69 Å². The number of phenols is 1. The van der Waals surface area contributed by atoms with Gasteiger partial charge in [0.05, 0.1) is 18.1 Å². The first-order valence-corrected chi connectivity index (χ1v) is 7.26. The first-order chi connectivity index (χ1) is 11.6. The molecule has 0 fully saturated rings. The Morgan fingerprint density at radius 2 is 1.71 bits per heavy atom. The lowest BCUT2D eigenvalue weighted by molar-refractivity contribution is -0.384. The summed E-state index contributed by atoms with van der Waals surface area (Å²) in [6.45, 7) is 0.812. The van der Waals surface area contributed by atoms with Crippen molar-refractivity contribution in [3.63, 3.8) is 0 Å². The molecular weight excluding hydrogens is 316 g/mol. The molecule has 0 aromatic heterocycles.